The van der Waals surface area contributed by atoms with Gasteiger partial charge in [0, 0.05) is 22.6 Å². The Hall–Kier alpha value is -2.40. The number of hydrogen-bond donors (Lipinski definition) is 0. The molecular weight excluding hydrogens is 392 g/mol. The topological polar surface area (TPSA) is 46.3 Å². The summed E-state index contributed by atoms with van der Waals surface area (Å²) in [6.45, 7) is 3.90. The van der Waals surface area contributed by atoms with Gasteiger partial charge in [-0.25, -0.2) is 0 Å². The third kappa shape index (κ3) is 3.88. The van der Waals surface area contributed by atoms with Crippen LogP contribution in [0.5, 0.6) is 0 Å². The molecule has 0 fully saturated rings. The molecule has 26 heavy (non-hydrogen) atoms. The highest BCUT2D eigenvalue weighted by atomic mass is 79.9. The number of carbonyl (C=O) groups is 1. The number of amides is 1. The molecule has 2 aromatic carbocycles. The summed E-state index contributed by atoms with van der Waals surface area (Å²) >= 11 is 3.43. The molecule has 0 saturated carbocycles. The van der Waals surface area contributed by atoms with E-state index in [0.29, 0.717) is 5.76 Å². The average molecular weight is 413 g/mol. The van der Waals surface area contributed by atoms with E-state index in [9.17, 15) is 4.79 Å². The maximum atomic E-state index is 12.9. The molecule has 4 nitrogen and oxygen atoms in total. The molecule has 0 N–H and O–H groups in total. The van der Waals surface area contributed by atoms with Gasteiger partial charge in [0.15, 0.2) is 5.76 Å². The maximum absolute atomic E-state index is 12.9. The van der Waals surface area contributed by atoms with E-state index in [-0.39, 0.29) is 18.4 Å². The molecular formula is C21H21BrN2O2. The number of halogens is 1. The van der Waals surface area contributed by atoms with E-state index in [2.05, 4.69) is 21.1 Å². The van der Waals surface area contributed by atoms with Gasteiger partial charge in [-0.2, -0.15) is 0 Å². The first-order chi connectivity index (χ1) is 12.5. The molecule has 0 aliphatic rings. The summed E-state index contributed by atoms with van der Waals surface area (Å²) in [5.74, 6) is 0.690. The van der Waals surface area contributed by atoms with Crippen LogP contribution >= 0.6 is 15.9 Å². The Balaban J connectivity index is 1.81. The van der Waals surface area contributed by atoms with Gasteiger partial charge in [0.1, 0.15) is 0 Å². The fourth-order valence-electron chi connectivity index (χ4n) is 2.87. The first-order valence-corrected chi connectivity index (χ1v) is 9.28. The molecule has 134 valence electrons. The molecule has 0 unspecified atom stereocenters. The minimum atomic E-state index is -0.00000279. The van der Waals surface area contributed by atoms with E-state index >= 15 is 0 Å². The lowest BCUT2D eigenvalue weighted by atomic mass is 10.0. The number of aromatic nitrogens is 1. The van der Waals surface area contributed by atoms with Gasteiger partial charge in [-0.3, -0.25) is 4.79 Å². The van der Waals surface area contributed by atoms with Crippen molar-refractivity contribution in [2.24, 2.45) is 0 Å². The number of nitrogens with zero attached hydrogens (tertiary/aromatic N) is 2. The monoisotopic (exact) mass is 412 g/mol. The van der Waals surface area contributed by atoms with Crippen LogP contribution in [0.25, 0.3) is 11.3 Å². The quantitative estimate of drug-likeness (QED) is 0.580. The lowest BCUT2D eigenvalue weighted by Crippen LogP contribution is -2.31. The van der Waals surface area contributed by atoms with Gasteiger partial charge in [-0.1, -0.05) is 63.6 Å². The summed E-state index contributed by atoms with van der Waals surface area (Å²) in [4.78, 5) is 14.6. The summed E-state index contributed by atoms with van der Waals surface area (Å²) in [6, 6.07) is 17.8. The molecule has 0 spiro atoms. The predicted molar refractivity (Wildman–Crippen MR) is 106 cm³/mol. The Kier molecular flexibility index (Phi) is 5.57. The molecule has 0 saturated heterocycles. The van der Waals surface area contributed by atoms with Crippen LogP contribution < -0.4 is 0 Å². The van der Waals surface area contributed by atoms with E-state index < -0.39 is 0 Å². The van der Waals surface area contributed by atoms with Crippen molar-refractivity contribution in [1.82, 2.24) is 10.1 Å². The van der Waals surface area contributed by atoms with Gasteiger partial charge >= 0.3 is 0 Å². The van der Waals surface area contributed by atoms with Crippen LogP contribution in [0.2, 0.25) is 0 Å². The smallest absolute Gasteiger partial charge is 0.227 e. The summed E-state index contributed by atoms with van der Waals surface area (Å²) in [5, 5.41) is 4.07. The summed E-state index contributed by atoms with van der Waals surface area (Å²) in [5.41, 5.74) is 3.61. The molecule has 5 heteroatoms. The van der Waals surface area contributed by atoms with E-state index in [0.717, 1.165) is 26.9 Å². The standard InChI is InChI=1S/C21H21BrN2O2/c1-14-19(21(26-23-14)17-9-11-18(22)12-10-17)13-20(25)24(3)15(2)16-7-5-4-6-8-16/h4-12,15H,13H2,1-3H3/t15-/m1/s1. The van der Waals surface area contributed by atoms with E-state index in [1.807, 2.05) is 75.5 Å². The highest BCUT2D eigenvalue weighted by molar-refractivity contribution is 9.10. The Morgan fingerprint density at radius 3 is 2.46 bits per heavy atom. The van der Waals surface area contributed by atoms with Gasteiger partial charge < -0.3 is 9.42 Å². The fraction of sp³-hybridized carbons (Fsp3) is 0.238. The van der Waals surface area contributed by atoms with Crippen LogP contribution in [0.1, 0.15) is 29.8 Å². The van der Waals surface area contributed by atoms with Crippen molar-refractivity contribution in [2.75, 3.05) is 7.05 Å². The van der Waals surface area contributed by atoms with Crippen LogP contribution in [-0.4, -0.2) is 23.0 Å². The van der Waals surface area contributed by atoms with Gasteiger partial charge in [0.05, 0.1) is 18.2 Å². The molecule has 0 bridgehead atoms. The van der Waals surface area contributed by atoms with E-state index in [1.54, 1.807) is 4.90 Å². The molecule has 1 atom stereocenters. The summed E-state index contributed by atoms with van der Waals surface area (Å²) < 4.78 is 6.50. The number of aryl methyl sites for hydroxylation is 1. The van der Waals surface area contributed by atoms with Gasteiger partial charge in [-0.05, 0) is 31.5 Å². The van der Waals surface area contributed by atoms with E-state index in [1.165, 1.54) is 0 Å². The second kappa shape index (κ2) is 7.87. The highest BCUT2D eigenvalue weighted by Gasteiger charge is 2.22. The first kappa shape index (κ1) is 18.4. The van der Waals surface area contributed by atoms with Crippen molar-refractivity contribution in [2.45, 2.75) is 26.3 Å². The van der Waals surface area contributed by atoms with Gasteiger partial charge in [0.25, 0.3) is 0 Å². The summed E-state index contributed by atoms with van der Waals surface area (Å²) in [7, 11) is 1.84. The van der Waals surface area contributed by atoms with Crippen LogP contribution in [0.15, 0.2) is 63.6 Å². The third-order valence-electron chi connectivity index (χ3n) is 4.68. The lowest BCUT2D eigenvalue weighted by Gasteiger charge is -2.25. The van der Waals surface area contributed by atoms with Crippen LogP contribution in [0, 0.1) is 6.92 Å². The van der Waals surface area contributed by atoms with Crippen LogP contribution in [0.4, 0.5) is 0 Å². The Labute approximate surface area is 161 Å². The van der Waals surface area contributed by atoms with Crippen molar-refractivity contribution in [3.8, 4) is 11.3 Å². The third-order valence-corrected chi connectivity index (χ3v) is 5.20. The molecule has 3 aromatic rings. The number of hydrogen-bond acceptors (Lipinski definition) is 3. The zero-order valence-corrected chi connectivity index (χ0v) is 16.7. The normalized spacial score (nSPS) is 12.0. The Morgan fingerprint density at radius 1 is 1.15 bits per heavy atom. The van der Waals surface area contributed by atoms with Crippen molar-refractivity contribution in [1.29, 1.82) is 0 Å². The maximum Gasteiger partial charge on any atom is 0.227 e. The van der Waals surface area contributed by atoms with E-state index in [4.69, 9.17) is 4.52 Å². The number of carbonyl (C=O) groups excluding carboxylic acids is 1. The van der Waals surface area contributed by atoms with Gasteiger partial charge in [0.2, 0.25) is 5.91 Å². The summed E-state index contributed by atoms with van der Waals surface area (Å²) in [6.07, 6.45) is 0.258. The molecule has 1 amide bonds. The molecule has 0 radical (unpaired) electrons. The number of rotatable bonds is 5. The predicted octanol–water partition coefficient (Wildman–Crippen LogP) is 5.17. The lowest BCUT2D eigenvalue weighted by molar-refractivity contribution is -0.131. The van der Waals surface area contributed by atoms with Crippen molar-refractivity contribution < 1.29 is 9.32 Å². The average Bonchev–Trinajstić information content (AvgIpc) is 3.02. The van der Waals surface area contributed by atoms with Crippen molar-refractivity contribution in [3.63, 3.8) is 0 Å². The van der Waals surface area contributed by atoms with Crippen LogP contribution in [0.3, 0.4) is 0 Å². The Bertz CT molecular complexity index is 888. The second-order valence-corrected chi connectivity index (χ2v) is 7.27. The molecule has 1 heterocycles. The molecule has 0 aliphatic heterocycles. The van der Waals surface area contributed by atoms with Crippen molar-refractivity contribution in [3.05, 3.63) is 75.9 Å². The fourth-order valence-corrected chi connectivity index (χ4v) is 3.14. The first-order valence-electron chi connectivity index (χ1n) is 8.49. The number of likely N-dealkylation sites (N-methyl/N-ethyl adjacent to an activating group) is 1. The minimum Gasteiger partial charge on any atom is -0.356 e. The largest absolute Gasteiger partial charge is 0.356 e. The highest BCUT2D eigenvalue weighted by Crippen LogP contribution is 2.29. The Morgan fingerprint density at radius 2 is 1.81 bits per heavy atom. The van der Waals surface area contributed by atoms with Crippen LogP contribution in [-0.2, 0) is 11.2 Å². The van der Waals surface area contributed by atoms with Gasteiger partial charge in [-0.15, -0.1) is 0 Å². The molecule has 3 rings (SSSR count). The molecule has 0 aliphatic carbocycles. The zero-order chi connectivity index (χ0) is 18.7. The minimum absolute atomic E-state index is 0.00000279. The SMILES string of the molecule is Cc1noc(-c2ccc(Br)cc2)c1CC(=O)N(C)[C@H](C)c1ccccc1. The number of benzene rings is 2. The second-order valence-electron chi connectivity index (χ2n) is 6.35. The molecule has 1 aromatic heterocycles. The zero-order valence-electron chi connectivity index (χ0n) is 15.1. The van der Waals surface area contributed by atoms with Crippen molar-refractivity contribution >= 4 is 21.8 Å².